The fourth-order valence-corrected chi connectivity index (χ4v) is 5.71. The normalized spacial score (nSPS) is 35.8. The molecule has 3 nitrogen and oxygen atoms in total. The molecule has 0 aromatic heterocycles. The molecule has 1 saturated carbocycles. The third-order valence-electron chi connectivity index (χ3n) is 4.70. The summed E-state index contributed by atoms with van der Waals surface area (Å²) in [7, 11) is -3.21. The molecule has 0 N–H and O–H groups in total. The molecule has 0 amide bonds. The molecule has 100 valence electrons. The molecule has 3 atom stereocenters. The van der Waals surface area contributed by atoms with Gasteiger partial charge in [-0.15, -0.1) is 0 Å². The van der Waals surface area contributed by atoms with Gasteiger partial charge in [0.05, 0.1) is 22.1 Å². The van der Waals surface area contributed by atoms with Crippen molar-refractivity contribution < 1.29 is 8.42 Å². The van der Waals surface area contributed by atoms with Crippen molar-refractivity contribution >= 4 is 9.84 Å². The summed E-state index contributed by atoms with van der Waals surface area (Å²) in [5, 5.41) is 9.65. The molecular weight excluding hydrogens is 258 g/mol. The first-order valence-electron chi connectivity index (χ1n) is 6.71. The number of hydrogen-bond acceptors (Lipinski definition) is 3. The standard InChI is InChI=1S/C15H17NO2S/c1-11-6-7-15(8-11,10-16)13-9-19(17,18)14-5-3-2-4-12(13)14/h2-5,11,13H,6-9H2,1H3. The predicted molar refractivity (Wildman–Crippen MR) is 72.3 cm³/mol. The Morgan fingerprint density at radius 2 is 2.11 bits per heavy atom. The van der Waals surface area contributed by atoms with Gasteiger partial charge in [-0.2, -0.15) is 5.26 Å². The van der Waals surface area contributed by atoms with Crippen LogP contribution in [0.1, 0.15) is 37.7 Å². The van der Waals surface area contributed by atoms with Crippen molar-refractivity contribution in [3.05, 3.63) is 29.8 Å². The number of sulfone groups is 1. The van der Waals surface area contributed by atoms with Gasteiger partial charge in [-0.1, -0.05) is 25.1 Å². The highest BCUT2D eigenvalue weighted by atomic mass is 32.2. The Labute approximate surface area is 114 Å². The fourth-order valence-electron chi connectivity index (χ4n) is 3.73. The van der Waals surface area contributed by atoms with Gasteiger partial charge in [0.25, 0.3) is 0 Å². The van der Waals surface area contributed by atoms with E-state index < -0.39 is 15.3 Å². The van der Waals surface area contributed by atoms with Gasteiger partial charge in [0.2, 0.25) is 0 Å². The maximum Gasteiger partial charge on any atom is 0.179 e. The average molecular weight is 275 g/mol. The van der Waals surface area contributed by atoms with Crippen LogP contribution in [0.3, 0.4) is 0 Å². The molecule has 1 aromatic carbocycles. The second kappa shape index (κ2) is 4.08. The molecule has 2 aliphatic rings. The third-order valence-corrected chi connectivity index (χ3v) is 6.52. The van der Waals surface area contributed by atoms with Crippen molar-refractivity contribution in [3.8, 4) is 6.07 Å². The van der Waals surface area contributed by atoms with E-state index in [1.54, 1.807) is 12.1 Å². The minimum atomic E-state index is -3.21. The van der Waals surface area contributed by atoms with E-state index in [9.17, 15) is 13.7 Å². The van der Waals surface area contributed by atoms with Gasteiger partial charge in [0.1, 0.15) is 0 Å². The summed E-state index contributed by atoms with van der Waals surface area (Å²) in [6.45, 7) is 2.15. The third kappa shape index (κ3) is 1.80. The van der Waals surface area contributed by atoms with E-state index in [4.69, 9.17) is 0 Å². The van der Waals surface area contributed by atoms with Crippen molar-refractivity contribution in [2.75, 3.05) is 5.75 Å². The summed E-state index contributed by atoms with van der Waals surface area (Å²) < 4.78 is 24.5. The smallest absolute Gasteiger partial charge is 0.179 e. The van der Waals surface area contributed by atoms with Crippen LogP contribution in [0.15, 0.2) is 29.2 Å². The molecule has 0 spiro atoms. The van der Waals surface area contributed by atoms with Gasteiger partial charge in [-0.3, -0.25) is 0 Å². The van der Waals surface area contributed by atoms with Gasteiger partial charge in [0, 0.05) is 5.92 Å². The van der Waals surface area contributed by atoms with Crippen molar-refractivity contribution in [1.82, 2.24) is 0 Å². The van der Waals surface area contributed by atoms with Crippen LogP contribution in [-0.2, 0) is 9.84 Å². The quantitative estimate of drug-likeness (QED) is 0.791. The van der Waals surface area contributed by atoms with Gasteiger partial charge in [-0.05, 0) is 36.8 Å². The topological polar surface area (TPSA) is 57.9 Å². The molecule has 1 fully saturated rings. The van der Waals surface area contributed by atoms with Crippen molar-refractivity contribution in [1.29, 1.82) is 5.26 Å². The van der Waals surface area contributed by atoms with Crippen molar-refractivity contribution in [3.63, 3.8) is 0 Å². The zero-order valence-electron chi connectivity index (χ0n) is 11.0. The second-order valence-electron chi connectivity index (χ2n) is 5.99. The molecular formula is C15H17NO2S. The van der Waals surface area contributed by atoms with Crippen LogP contribution < -0.4 is 0 Å². The zero-order chi connectivity index (χ0) is 13.7. The molecule has 1 aliphatic carbocycles. The maximum atomic E-state index is 12.3. The fraction of sp³-hybridized carbons (Fsp3) is 0.533. The van der Waals surface area contributed by atoms with Crippen molar-refractivity contribution in [2.45, 2.75) is 37.0 Å². The molecule has 3 unspecified atom stereocenters. The minimum Gasteiger partial charge on any atom is -0.224 e. The zero-order valence-corrected chi connectivity index (χ0v) is 11.8. The van der Waals surface area contributed by atoms with Crippen LogP contribution in [0.2, 0.25) is 0 Å². The van der Waals surface area contributed by atoms with E-state index in [2.05, 4.69) is 13.0 Å². The molecule has 0 saturated heterocycles. The summed E-state index contributed by atoms with van der Waals surface area (Å²) >= 11 is 0. The highest BCUT2D eigenvalue weighted by Crippen LogP contribution is 2.54. The van der Waals surface area contributed by atoms with Crippen LogP contribution in [-0.4, -0.2) is 14.2 Å². The van der Waals surface area contributed by atoms with E-state index in [0.717, 1.165) is 24.8 Å². The monoisotopic (exact) mass is 275 g/mol. The number of benzene rings is 1. The Hall–Kier alpha value is -1.34. The van der Waals surface area contributed by atoms with Gasteiger partial charge < -0.3 is 0 Å². The Morgan fingerprint density at radius 3 is 2.74 bits per heavy atom. The average Bonchev–Trinajstić information content (AvgIpc) is 2.90. The first kappa shape index (κ1) is 12.7. The Kier molecular flexibility index (Phi) is 2.72. The molecule has 1 aliphatic heterocycles. The summed E-state index contributed by atoms with van der Waals surface area (Å²) in [5.74, 6) is 0.464. The predicted octanol–water partition coefficient (Wildman–Crippen LogP) is 2.89. The minimum absolute atomic E-state index is 0.104. The lowest BCUT2D eigenvalue weighted by Gasteiger charge is -2.28. The lowest BCUT2D eigenvalue weighted by molar-refractivity contribution is 0.332. The lowest BCUT2D eigenvalue weighted by atomic mass is 9.72. The largest absolute Gasteiger partial charge is 0.224 e. The molecule has 3 rings (SSSR count). The summed E-state index contributed by atoms with van der Waals surface area (Å²) in [6, 6.07) is 9.65. The Bertz CT molecular complexity index is 659. The van der Waals surface area contributed by atoms with Crippen LogP contribution in [0.4, 0.5) is 0 Å². The highest BCUT2D eigenvalue weighted by molar-refractivity contribution is 7.91. The van der Waals surface area contributed by atoms with E-state index >= 15 is 0 Å². The second-order valence-corrected chi connectivity index (χ2v) is 7.99. The maximum absolute atomic E-state index is 12.3. The van der Waals surface area contributed by atoms with E-state index in [-0.39, 0.29) is 11.7 Å². The van der Waals surface area contributed by atoms with Crippen molar-refractivity contribution in [2.24, 2.45) is 11.3 Å². The van der Waals surface area contributed by atoms with E-state index in [0.29, 0.717) is 10.8 Å². The number of nitriles is 1. The lowest BCUT2D eigenvalue weighted by Crippen LogP contribution is -2.26. The summed E-state index contributed by atoms with van der Waals surface area (Å²) in [4.78, 5) is 0.439. The number of rotatable bonds is 1. The Morgan fingerprint density at radius 1 is 1.37 bits per heavy atom. The van der Waals surface area contributed by atoms with E-state index in [1.165, 1.54) is 0 Å². The number of hydrogen-bond donors (Lipinski definition) is 0. The van der Waals surface area contributed by atoms with Gasteiger partial charge in [-0.25, -0.2) is 8.42 Å². The molecule has 4 heteroatoms. The van der Waals surface area contributed by atoms with Crippen LogP contribution >= 0.6 is 0 Å². The molecule has 0 bridgehead atoms. The van der Waals surface area contributed by atoms with Crippen LogP contribution in [0.5, 0.6) is 0 Å². The SMILES string of the molecule is CC1CCC(C#N)(C2CS(=O)(=O)c3ccccc32)C1. The summed E-state index contributed by atoms with van der Waals surface area (Å²) in [5.41, 5.74) is 0.372. The first-order chi connectivity index (χ1) is 8.98. The summed E-state index contributed by atoms with van der Waals surface area (Å²) in [6.07, 6.45) is 2.66. The molecule has 0 radical (unpaired) electrons. The van der Waals surface area contributed by atoms with Crippen LogP contribution in [0, 0.1) is 22.7 Å². The Balaban J connectivity index is 2.12. The molecule has 19 heavy (non-hydrogen) atoms. The molecule has 1 heterocycles. The van der Waals surface area contributed by atoms with E-state index in [1.807, 2.05) is 12.1 Å². The number of fused-ring (bicyclic) bond motifs is 1. The van der Waals surface area contributed by atoms with Gasteiger partial charge >= 0.3 is 0 Å². The highest BCUT2D eigenvalue weighted by Gasteiger charge is 2.50. The first-order valence-corrected chi connectivity index (χ1v) is 8.37. The molecule has 1 aromatic rings. The van der Waals surface area contributed by atoms with Gasteiger partial charge in [0.15, 0.2) is 9.84 Å². The van der Waals surface area contributed by atoms with Crippen LogP contribution in [0.25, 0.3) is 0 Å². The number of nitrogens with zero attached hydrogens (tertiary/aromatic N) is 1.